The highest BCUT2D eigenvalue weighted by atomic mass is 32.2. The summed E-state index contributed by atoms with van der Waals surface area (Å²) in [6.07, 6.45) is 6.79. The Morgan fingerprint density at radius 3 is 2.81 bits per heavy atom. The number of thiazole rings is 1. The van der Waals surface area contributed by atoms with Crippen LogP contribution in [0.15, 0.2) is 54.2 Å². The van der Waals surface area contributed by atoms with Gasteiger partial charge in [0.2, 0.25) is 5.91 Å². The predicted octanol–water partition coefficient (Wildman–Crippen LogP) is 4.53. The number of hydrogen-bond acceptors (Lipinski definition) is 4. The van der Waals surface area contributed by atoms with E-state index in [0.29, 0.717) is 6.54 Å². The van der Waals surface area contributed by atoms with Crippen LogP contribution in [-0.4, -0.2) is 27.5 Å². The van der Waals surface area contributed by atoms with E-state index in [9.17, 15) is 4.79 Å². The Morgan fingerprint density at radius 1 is 1.31 bits per heavy atom. The number of benzene rings is 1. The molecule has 26 heavy (non-hydrogen) atoms. The average Bonchev–Trinajstić information content (AvgIpc) is 3.32. The van der Waals surface area contributed by atoms with Crippen LogP contribution in [0.2, 0.25) is 0 Å². The minimum atomic E-state index is -0.165. The molecule has 0 saturated carbocycles. The van der Waals surface area contributed by atoms with Crippen LogP contribution in [0.25, 0.3) is 10.6 Å². The smallest absolute Gasteiger partial charge is 0.243 e. The fourth-order valence-electron chi connectivity index (χ4n) is 2.81. The fourth-order valence-corrected chi connectivity index (χ4v) is 4.06. The number of hydrogen-bond donors (Lipinski definition) is 1. The van der Waals surface area contributed by atoms with Gasteiger partial charge in [0.25, 0.3) is 0 Å². The highest BCUT2D eigenvalue weighted by Gasteiger charge is 2.18. The molecule has 0 bridgehead atoms. The maximum absolute atomic E-state index is 12.7. The van der Waals surface area contributed by atoms with Crippen molar-refractivity contribution in [1.82, 2.24) is 14.9 Å². The van der Waals surface area contributed by atoms with E-state index in [4.69, 9.17) is 0 Å². The summed E-state index contributed by atoms with van der Waals surface area (Å²) < 4.78 is 1.99. The average molecular weight is 386 g/mol. The minimum Gasteiger partial charge on any atom is -0.350 e. The van der Waals surface area contributed by atoms with Gasteiger partial charge in [0, 0.05) is 35.6 Å². The van der Waals surface area contributed by atoms with Crippen molar-refractivity contribution in [3.63, 3.8) is 0 Å². The van der Waals surface area contributed by atoms with Gasteiger partial charge in [-0.15, -0.1) is 11.3 Å². The van der Waals surface area contributed by atoms with Gasteiger partial charge in [0.1, 0.15) is 11.0 Å². The first-order valence-corrected chi connectivity index (χ1v) is 10.9. The molecule has 0 unspecified atom stereocenters. The van der Waals surface area contributed by atoms with Crippen molar-refractivity contribution in [3.05, 3.63) is 65.4 Å². The number of carbonyl (C=O) groups excluding carboxylic acids is 1. The second kappa shape index (κ2) is 9.05. The van der Waals surface area contributed by atoms with Crippen LogP contribution in [0, 0.1) is 6.92 Å². The van der Waals surface area contributed by atoms with Crippen molar-refractivity contribution >= 4 is 29.0 Å². The van der Waals surface area contributed by atoms with Crippen LogP contribution in [0.4, 0.5) is 0 Å². The monoisotopic (exact) mass is 385 g/mol. The number of aromatic nitrogens is 2. The van der Waals surface area contributed by atoms with E-state index < -0.39 is 0 Å². The zero-order chi connectivity index (χ0) is 18.4. The Labute approximate surface area is 162 Å². The molecule has 0 aliphatic carbocycles. The lowest BCUT2D eigenvalue weighted by Crippen LogP contribution is -2.32. The van der Waals surface area contributed by atoms with Crippen LogP contribution < -0.4 is 5.32 Å². The van der Waals surface area contributed by atoms with Crippen LogP contribution >= 0.6 is 23.1 Å². The number of aryl methyl sites for hydroxylation is 1. The second-order valence-corrected chi connectivity index (χ2v) is 7.98. The van der Waals surface area contributed by atoms with E-state index in [1.807, 2.05) is 48.1 Å². The van der Waals surface area contributed by atoms with Crippen LogP contribution in [0.1, 0.15) is 23.7 Å². The number of amides is 1. The molecule has 4 nitrogen and oxygen atoms in total. The van der Waals surface area contributed by atoms with Gasteiger partial charge in [-0.3, -0.25) is 4.79 Å². The highest BCUT2D eigenvalue weighted by molar-refractivity contribution is 7.98. The van der Waals surface area contributed by atoms with E-state index in [1.54, 1.807) is 23.1 Å². The normalized spacial score (nSPS) is 12.1. The summed E-state index contributed by atoms with van der Waals surface area (Å²) in [6.45, 7) is 2.52. The minimum absolute atomic E-state index is 0.0609. The summed E-state index contributed by atoms with van der Waals surface area (Å²) in [7, 11) is 0. The summed E-state index contributed by atoms with van der Waals surface area (Å²) in [5.41, 5.74) is 3.21. The maximum atomic E-state index is 12.7. The molecule has 1 atom stereocenters. The molecule has 0 radical (unpaired) electrons. The van der Waals surface area contributed by atoms with Crippen LogP contribution in [0.3, 0.4) is 0 Å². The summed E-state index contributed by atoms with van der Waals surface area (Å²) in [6, 6.07) is 12.0. The Bertz CT molecular complexity index is 842. The summed E-state index contributed by atoms with van der Waals surface area (Å²) >= 11 is 3.41. The van der Waals surface area contributed by atoms with Crippen LogP contribution in [-0.2, 0) is 11.3 Å². The molecule has 0 fully saturated rings. The van der Waals surface area contributed by atoms with E-state index in [1.165, 1.54) is 0 Å². The van der Waals surface area contributed by atoms with Gasteiger partial charge in [-0.2, -0.15) is 11.8 Å². The zero-order valence-electron chi connectivity index (χ0n) is 15.0. The largest absolute Gasteiger partial charge is 0.350 e. The number of nitrogens with zero attached hydrogens (tertiary/aromatic N) is 2. The Kier molecular flexibility index (Phi) is 6.52. The van der Waals surface area contributed by atoms with Gasteiger partial charge in [0.15, 0.2) is 0 Å². The lowest BCUT2D eigenvalue weighted by molar-refractivity contribution is -0.124. The topological polar surface area (TPSA) is 46.9 Å². The third-order valence-corrected chi connectivity index (χ3v) is 5.80. The van der Waals surface area contributed by atoms with Gasteiger partial charge in [-0.25, -0.2) is 4.98 Å². The predicted molar refractivity (Wildman–Crippen MR) is 111 cm³/mol. The van der Waals surface area contributed by atoms with E-state index in [-0.39, 0.29) is 11.9 Å². The standard InChI is InChI=1S/C20H23N3OS2/c1-15-14-26-20(22-15)17-7-5-6-16(12-17)13-21-19(24)18(8-11-25-2)23-9-3-4-10-23/h3-7,9-10,12,14,18H,8,11,13H2,1-2H3,(H,21,24)/t18-/m0/s1. The van der Waals surface area contributed by atoms with E-state index in [0.717, 1.165) is 34.0 Å². The van der Waals surface area contributed by atoms with Gasteiger partial charge in [-0.05, 0) is 49.1 Å². The maximum Gasteiger partial charge on any atom is 0.243 e. The SMILES string of the molecule is CSCC[C@@H](C(=O)NCc1cccc(-c2nc(C)cs2)c1)n1cccc1. The number of thioether (sulfide) groups is 1. The van der Waals surface area contributed by atoms with Crippen molar-refractivity contribution in [2.75, 3.05) is 12.0 Å². The van der Waals surface area contributed by atoms with Gasteiger partial charge in [-0.1, -0.05) is 18.2 Å². The molecule has 1 aromatic carbocycles. The van der Waals surface area contributed by atoms with E-state index in [2.05, 4.69) is 34.1 Å². The van der Waals surface area contributed by atoms with Gasteiger partial charge in [0.05, 0.1) is 0 Å². The molecule has 1 amide bonds. The van der Waals surface area contributed by atoms with Gasteiger partial charge < -0.3 is 9.88 Å². The van der Waals surface area contributed by atoms with Crippen molar-refractivity contribution in [3.8, 4) is 10.6 Å². The molecule has 1 N–H and O–H groups in total. The number of rotatable bonds is 8. The molecule has 136 valence electrons. The fraction of sp³-hybridized carbons (Fsp3) is 0.300. The first-order valence-electron chi connectivity index (χ1n) is 8.58. The third-order valence-electron chi connectivity index (χ3n) is 4.15. The lowest BCUT2D eigenvalue weighted by Gasteiger charge is -2.18. The number of carbonyl (C=O) groups is 1. The second-order valence-electron chi connectivity index (χ2n) is 6.14. The summed E-state index contributed by atoms with van der Waals surface area (Å²) in [5.74, 6) is 1.01. The molecule has 2 aromatic heterocycles. The first-order chi connectivity index (χ1) is 12.7. The molecular formula is C20H23N3OS2. The molecule has 6 heteroatoms. The molecule has 3 rings (SSSR count). The van der Waals surface area contributed by atoms with Crippen molar-refractivity contribution in [2.45, 2.75) is 25.9 Å². The van der Waals surface area contributed by atoms with Crippen molar-refractivity contribution in [2.24, 2.45) is 0 Å². The lowest BCUT2D eigenvalue weighted by atomic mass is 10.1. The third kappa shape index (κ3) is 4.77. The molecule has 2 heterocycles. The van der Waals surface area contributed by atoms with Crippen molar-refractivity contribution < 1.29 is 4.79 Å². The van der Waals surface area contributed by atoms with E-state index >= 15 is 0 Å². The first kappa shape index (κ1) is 18.7. The Balaban J connectivity index is 1.66. The van der Waals surface area contributed by atoms with Gasteiger partial charge >= 0.3 is 0 Å². The molecule has 0 saturated heterocycles. The van der Waals surface area contributed by atoms with Crippen LogP contribution in [0.5, 0.6) is 0 Å². The summed E-state index contributed by atoms with van der Waals surface area (Å²) in [4.78, 5) is 17.3. The van der Waals surface area contributed by atoms with Crippen molar-refractivity contribution in [1.29, 1.82) is 0 Å². The zero-order valence-corrected chi connectivity index (χ0v) is 16.6. The highest BCUT2D eigenvalue weighted by Crippen LogP contribution is 2.24. The molecule has 0 aliphatic heterocycles. The quantitative estimate of drug-likeness (QED) is 0.620. The molecule has 3 aromatic rings. The number of nitrogens with one attached hydrogen (secondary N) is 1. The Morgan fingerprint density at radius 2 is 2.12 bits per heavy atom. The molecule has 0 spiro atoms. The molecular weight excluding hydrogens is 362 g/mol. The summed E-state index contributed by atoms with van der Waals surface area (Å²) in [5, 5.41) is 6.16. The molecule has 0 aliphatic rings. The Hall–Kier alpha value is -2.05.